The van der Waals surface area contributed by atoms with Crippen molar-refractivity contribution in [2.45, 2.75) is 217 Å². The first-order valence-electron chi connectivity index (χ1n) is 26.5. The lowest BCUT2D eigenvalue weighted by atomic mass is 9.93. The molecule has 6 fully saturated rings. The number of hydrogen-bond donors (Lipinski definition) is 20. The second-order valence-corrected chi connectivity index (χ2v) is 21.5. The van der Waals surface area contributed by atoms with Crippen molar-refractivity contribution in [1.29, 1.82) is 0 Å². The van der Waals surface area contributed by atoms with Crippen LogP contribution in [0.5, 0.6) is 0 Å². The highest BCUT2D eigenvalue weighted by molar-refractivity contribution is 7.80. The molecular weight excluding hydrogens is 1160 g/mol. The van der Waals surface area contributed by atoms with Crippen LogP contribution in [0.4, 0.5) is 0 Å². The second kappa shape index (κ2) is 31.2. The van der Waals surface area contributed by atoms with Crippen LogP contribution in [0.25, 0.3) is 0 Å². The minimum atomic E-state index is -5.38. The molecule has 83 heavy (non-hydrogen) atoms. The van der Waals surface area contributed by atoms with E-state index in [1.165, 1.54) is 0 Å². The highest BCUT2D eigenvalue weighted by Gasteiger charge is 2.59. The quantitative estimate of drug-likeness (QED) is 0.0282. The van der Waals surface area contributed by atoms with Crippen LogP contribution in [0, 0.1) is 0 Å². The van der Waals surface area contributed by atoms with Crippen molar-refractivity contribution in [3.05, 3.63) is 0 Å². The Hall–Kier alpha value is -2.35. The van der Waals surface area contributed by atoms with Crippen molar-refractivity contribution < 1.29 is 165 Å². The third-order valence-corrected chi connectivity index (χ3v) is 15.0. The normalized spacial score (nSPS) is 45.4. The molecule has 6 rings (SSSR count). The van der Waals surface area contributed by atoms with Crippen molar-refractivity contribution in [2.75, 3.05) is 52.8 Å². The Morgan fingerprint density at radius 2 is 0.735 bits per heavy atom. The fourth-order valence-electron chi connectivity index (χ4n) is 10.3. The van der Waals surface area contributed by atoms with E-state index < -0.39 is 246 Å². The predicted molar refractivity (Wildman–Crippen MR) is 259 cm³/mol. The van der Waals surface area contributed by atoms with Gasteiger partial charge in [0.25, 0.3) is 0 Å². The Bertz CT molecular complexity index is 2120. The summed E-state index contributed by atoms with van der Waals surface area (Å²) in [5, 5.41) is 180. The molecule has 6 aliphatic heterocycles. The highest BCUT2D eigenvalue weighted by Crippen LogP contribution is 2.37. The first-order chi connectivity index (χ1) is 39.3. The molecule has 2 amide bonds. The van der Waals surface area contributed by atoms with Crippen LogP contribution in [-0.4, -0.2) is 343 Å². The van der Waals surface area contributed by atoms with E-state index in [1.807, 2.05) is 0 Å². The van der Waals surface area contributed by atoms with Crippen LogP contribution in [0.2, 0.25) is 0 Å². The Morgan fingerprint density at radius 1 is 0.410 bits per heavy atom. The average molecular weight is 1240 g/mol. The zero-order chi connectivity index (χ0) is 61.4. The number of aliphatic hydroxyl groups is 16. The molecule has 37 nitrogen and oxygen atoms in total. The van der Waals surface area contributed by atoms with Crippen LogP contribution in [0.1, 0.15) is 33.1 Å². The van der Waals surface area contributed by atoms with E-state index in [0.29, 0.717) is 25.8 Å². The van der Waals surface area contributed by atoms with Gasteiger partial charge >= 0.3 is 10.4 Å². The molecule has 0 aromatic heterocycles. The molecule has 21 N–H and O–H groups in total. The van der Waals surface area contributed by atoms with Crippen molar-refractivity contribution >= 4 is 22.2 Å². The third-order valence-electron chi connectivity index (χ3n) is 14.6. The molecule has 0 spiro atoms. The number of rotatable bonds is 26. The van der Waals surface area contributed by atoms with Gasteiger partial charge in [-0.15, -0.1) is 0 Å². The summed E-state index contributed by atoms with van der Waals surface area (Å²) < 4.78 is 106. The molecule has 0 aromatic carbocycles. The molecule has 0 saturated carbocycles. The number of aliphatic hydroxyl groups excluding tert-OH is 16. The minimum absolute atomic E-state index is 0.0842. The van der Waals surface area contributed by atoms with E-state index in [0.717, 1.165) is 13.8 Å². The van der Waals surface area contributed by atoms with Gasteiger partial charge in [0.05, 0.1) is 39.6 Å². The average Bonchev–Trinajstić information content (AvgIpc) is 3.47. The predicted octanol–water partition coefficient (Wildman–Crippen LogP) is -12.8. The largest absolute Gasteiger partial charge is 0.397 e. The van der Waals surface area contributed by atoms with Gasteiger partial charge in [-0.1, -0.05) is 0 Å². The van der Waals surface area contributed by atoms with Crippen LogP contribution in [0.3, 0.4) is 0 Å². The summed E-state index contributed by atoms with van der Waals surface area (Å²) in [6, 6.07) is -3.67. The fourth-order valence-corrected chi connectivity index (χ4v) is 10.8. The molecule has 0 bridgehead atoms. The van der Waals surface area contributed by atoms with Crippen molar-refractivity contribution in [1.82, 2.24) is 10.6 Å². The summed E-state index contributed by atoms with van der Waals surface area (Å²) in [6.07, 6.45) is -52.6. The maximum Gasteiger partial charge on any atom is 0.397 e. The number of amides is 2. The molecule has 6 aliphatic rings. The Kier molecular flexibility index (Phi) is 26.2. The van der Waals surface area contributed by atoms with E-state index in [1.54, 1.807) is 0 Å². The molecule has 6 heterocycles. The van der Waals surface area contributed by atoms with E-state index in [4.69, 9.17) is 62.6 Å². The van der Waals surface area contributed by atoms with Gasteiger partial charge in [-0.3, -0.25) is 14.1 Å². The fraction of sp³-hybridized carbons (Fsp3) is 0.956. The number of hydrogen-bond acceptors (Lipinski definition) is 34. The van der Waals surface area contributed by atoms with Gasteiger partial charge in [-0.2, -0.15) is 8.42 Å². The number of nitrogens with two attached hydrogens (primary N) is 1. The van der Waals surface area contributed by atoms with Gasteiger partial charge < -0.3 is 155 Å². The monoisotopic (exact) mass is 1240 g/mol. The second-order valence-electron chi connectivity index (χ2n) is 20.4. The zero-order valence-electron chi connectivity index (χ0n) is 44.6. The smallest absolute Gasteiger partial charge is 0.394 e. The molecule has 6 saturated heterocycles. The lowest BCUT2D eigenvalue weighted by molar-refractivity contribution is -0.387. The molecular formula is C45H79N3O34S. The van der Waals surface area contributed by atoms with Gasteiger partial charge in [0.1, 0.15) is 146 Å². The van der Waals surface area contributed by atoms with Gasteiger partial charge in [0.15, 0.2) is 37.7 Å². The molecule has 484 valence electrons. The number of ether oxygens (including phenoxy) is 12. The summed E-state index contributed by atoms with van der Waals surface area (Å²) >= 11 is 0. The minimum Gasteiger partial charge on any atom is -0.394 e. The standard InChI is InChI=1S/C45H79N3O34S/c1-14(55)47-22-27(60)34(19(11-52)74-40(22)81-38-25(58)17(9-50)72-44(32(38)65)79-36-21(13-54)76-42(30(63)29(36)62)70-7-5-3-4-6-46)77-43-31(64)37(24(57)16(8-49)71-43)80-41-23(48-15(2)56)28(61)35(20(12-53)75-41)78-45-33(66)39(82-83(67,68)69)26(59)18(10-51)73-45/h16-45,49-54,57-66H,3-13,46H2,1-2H3,(H,47,55)(H,48,56)(H,67,68,69)/t16-,17-,18-,19-,20-,21-,22-,23-,24+,25+,26+,27-,28-,29-,30-,31-,32-,33-,34-,35-,36-,37+,38+,39+,40+,41+,42-,43+,44+,45+/m1/s1. The molecule has 0 radical (unpaired) electrons. The lowest BCUT2D eigenvalue weighted by Gasteiger charge is -2.51. The lowest BCUT2D eigenvalue weighted by Crippen LogP contribution is -2.70. The molecule has 30 atom stereocenters. The summed E-state index contributed by atoms with van der Waals surface area (Å²) in [5.74, 6) is -1.77. The van der Waals surface area contributed by atoms with Crippen molar-refractivity contribution in [3.63, 3.8) is 0 Å². The Morgan fingerprint density at radius 3 is 1.08 bits per heavy atom. The SMILES string of the molecule is CC(=O)N[C@H]1[C@H](O[C@H]2[C@@H](O)[C@@H](CO)O[C@@H](O[C@H]3[C@H](O)[C@@H](O)[C@H](OCCCCCN)O[C@@H]3CO)[C@@H]2O)O[C@H](CO)[C@@H](O[C@@H]2O[C@H](CO)[C@H](O)[C@H](O[C@@H]3O[C@H](CO)[C@@H](O[C@@H]4O[C@H](CO)[C@H](O)[C@H](OS(=O)(=O)O)[C@H]4O)[C@H](O)[C@H]3NC(C)=O)[C@H]2O)[C@@H]1O. The van der Waals surface area contributed by atoms with Gasteiger partial charge in [-0.05, 0) is 25.8 Å². The molecule has 0 unspecified atom stereocenters. The maximum atomic E-state index is 12.7. The number of carbonyl (C=O) groups excluding carboxylic acids is 2. The van der Waals surface area contributed by atoms with Crippen LogP contribution >= 0.6 is 0 Å². The first-order valence-corrected chi connectivity index (χ1v) is 27.8. The highest BCUT2D eigenvalue weighted by atomic mass is 32.3. The first kappa shape index (κ1) is 69.7. The van der Waals surface area contributed by atoms with Gasteiger partial charge in [-0.25, -0.2) is 4.18 Å². The summed E-state index contributed by atoms with van der Waals surface area (Å²) in [6.45, 7) is -3.64. The Labute approximate surface area is 473 Å². The summed E-state index contributed by atoms with van der Waals surface area (Å²) in [7, 11) is -5.38. The van der Waals surface area contributed by atoms with Gasteiger partial charge in [0.2, 0.25) is 11.8 Å². The summed E-state index contributed by atoms with van der Waals surface area (Å²) in [4.78, 5) is 25.3. The summed E-state index contributed by atoms with van der Waals surface area (Å²) in [5.41, 5.74) is 5.52. The van der Waals surface area contributed by atoms with Crippen LogP contribution < -0.4 is 16.4 Å². The molecule has 38 heteroatoms. The van der Waals surface area contributed by atoms with Crippen molar-refractivity contribution in [3.8, 4) is 0 Å². The van der Waals surface area contributed by atoms with E-state index in [2.05, 4.69) is 14.8 Å². The van der Waals surface area contributed by atoms with E-state index in [-0.39, 0.29) is 6.61 Å². The third kappa shape index (κ3) is 16.7. The van der Waals surface area contributed by atoms with E-state index in [9.17, 15) is 104 Å². The number of carbonyl (C=O) groups is 2. The van der Waals surface area contributed by atoms with Crippen LogP contribution in [-0.2, 0) is 81.0 Å². The topological polar surface area (TPSA) is 582 Å². The van der Waals surface area contributed by atoms with Crippen molar-refractivity contribution in [2.24, 2.45) is 5.73 Å². The number of unbranched alkanes of at least 4 members (excludes halogenated alkanes) is 2. The zero-order valence-corrected chi connectivity index (χ0v) is 45.4. The van der Waals surface area contributed by atoms with Crippen LogP contribution in [0.15, 0.2) is 0 Å². The maximum absolute atomic E-state index is 12.7. The molecule has 0 aromatic rings. The Balaban J connectivity index is 1.19. The number of nitrogens with one attached hydrogen (secondary N) is 2. The molecule has 0 aliphatic carbocycles. The van der Waals surface area contributed by atoms with Gasteiger partial charge in [0, 0.05) is 20.5 Å². The van der Waals surface area contributed by atoms with E-state index >= 15 is 0 Å².